The standard InChI is InChI=1S/C56H98O6/c1-4-7-10-13-16-19-22-24-26-28-29-31-32-34-37-40-43-46-49-55(58)61-52-53(51-60-54(57)48-45-42-39-36-21-18-15-12-9-6-3)62-56(59)50-47-44-41-38-35-33-30-27-25-23-20-17-14-11-8-5-2/h8,11,15,17-18,20,25,27,29,31,53H,4-7,9-10,12-14,16,19,21-24,26,28,30,32-52H2,1-3H3/b11-8-,18-15-,20-17-,27-25-,31-29-. The molecule has 1 atom stereocenters. The summed E-state index contributed by atoms with van der Waals surface area (Å²) in [5.74, 6) is -0.918. The third kappa shape index (κ3) is 48.1. The Labute approximate surface area is 383 Å². The molecule has 62 heavy (non-hydrogen) atoms. The van der Waals surface area contributed by atoms with Crippen molar-refractivity contribution in [1.29, 1.82) is 0 Å². The minimum atomic E-state index is -0.787. The van der Waals surface area contributed by atoms with Gasteiger partial charge in [0.25, 0.3) is 0 Å². The highest BCUT2D eigenvalue weighted by atomic mass is 16.6. The Kier molecular flexibility index (Phi) is 48.4. The molecule has 1 unspecified atom stereocenters. The van der Waals surface area contributed by atoms with Crippen molar-refractivity contribution in [3.05, 3.63) is 60.8 Å². The zero-order valence-corrected chi connectivity index (χ0v) is 40.9. The minimum Gasteiger partial charge on any atom is -0.462 e. The molecule has 0 aromatic rings. The smallest absolute Gasteiger partial charge is 0.306 e. The molecule has 0 bridgehead atoms. The molecular formula is C56H98O6. The van der Waals surface area contributed by atoms with E-state index in [0.29, 0.717) is 19.3 Å². The van der Waals surface area contributed by atoms with Crippen molar-refractivity contribution in [3.8, 4) is 0 Å². The molecule has 0 saturated heterocycles. The normalized spacial score (nSPS) is 12.5. The molecular weight excluding hydrogens is 769 g/mol. The van der Waals surface area contributed by atoms with Crippen LogP contribution >= 0.6 is 0 Å². The summed E-state index contributed by atoms with van der Waals surface area (Å²) >= 11 is 0. The first-order valence-electron chi connectivity index (χ1n) is 26.3. The lowest BCUT2D eigenvalue weighted by Crippen LogP contribution is -2.30. The van der Waals surface area contributed by atoms with Crippen molar-refractivity contribution in [1.82, 2.24) is 0 Å². The zero-order chi connectivity index (χ0) is 45.1. The number of ether oxygens (including phenoxy) is 3. The monoisotopic (exact) mass is 867 g/mol. The van der Waals surface area contributed by atoms with Gasteiger partial charge in [-0.25, -0.2) is 0 Å². The maximum atomic E-state index is 12.8. The number of unbranched alkanes of at least 4 members (excludes halogenated alkanes) is 26. The van der Waals surface area contributed by atoms with E-state index in [2.05, 4.69) is 81.5 Å². The first-order chi connectivity index (χ1) is 30.5. The molecule has 0 aliphatic carbocycles. The first kappa shape index (κ1) is 59.1. The Morgan fingerprint density at radius 2 is 0.645 bits per heavy atom. The minimum absolute atomic E-state index is 0.0873. The van der Waals surface area contributed by atoms with E-state index in [9.17, 15) is 14.4 Å². The van der Waals surface area contributed by atoms with E-state index < -0.39 is 6.10 Å². The van der Waals surface area contributed by atoms with Crippen molar-refractivity contribution < 1.29 is 28.6 Å². The quantitative estimate of drug-likeness (QED) is 0.0262. The van der Waals surface area contributed by atoms with Gasteiger partial charge < -0.3 is 14.2 Å². The number of esters is 3. The third-order valence-corrected chi connectivity index (χ3v) is 11.2. The van der Waals surface area contributed by atoms with Crippen LogP contribution in [-0.4, -0.2) is 37.2 Å². The summed E-state index contributed by atoms with van der Waals surface area (Å²) in [6.07, 6.45) is 62.1. The molecule has 0 heterocycles. The van der Waals surface area contributed by atoms with Gasteiger partial charge in [0, 0.05) is 19.3 Å². The summed E-state index contributed by atoms with van der Waals surface area (Å²) in [6, 6.07) is 0. The number of hydrogen-bond donors (Lipinski definition) is 0. The van der Waals surface area contributed by atoms with Gasteiger partial charge in [-0.1, -0.05) is 204 Å². The predicted molar refractivity (Wildman–Crippen MR) is 265 cm³/mol. The fraction of sp³-hybridized carbons (Fsp3) is 0.768. The Hall–Kier alpha value is -2.89. The summed E-state index contributed by atoms with van der Waals surface area (Å²) in [6.45, 7) is 6.46. The molecule has 0 rings (SSSR count). The molecule has 6 nitrogen and oxygen atoms in total. The summed E-state index contributed by atoms with van der Waals surface area (Å²) in [5.41, 5.74) is 0. The molecule has 6 heteroatoms. The average Bonchev–Trinajstić information content (AvgIpc) is 3.27. The molecule has 0 fully saturated rings. The Morgan fingerprint density at radius 1 is 0.339 bits per heavy atom. The number of allylic oxidation sites excluding steroid dienone is 10. The van der Waals surface area contributed by atoms with Gasteiger partial charge in [-0.3, -0.25) is 14.4 Å². The predicted octanol–water partition coefficient (Wildman–Crippen LogP) is 17.3. The van der Waals surface area contributed by atoms with Crippen molar-refractivity contribution in [3.63, 3.8) is 0 Å². The van der Waals surface area contributed by atoms with Gasteiger partial charge >= 0.3 is 17.9 Å². The second-order valence-corrected chi connectivity index (χ2v) is 17.4. The van der Waals surface area contributed by atoms with Crippen molar-refractivity contribution in [2.24, 2.45) is 0 Å². The molecule has 0 amide bonds. The van der Waals surface area contributed by atoms with E-state index in [1.54, 1.807) is 0 Å². The second-order valence-electron chi connectivity index (χ2n) is 17.4. The van der Waals surface area contributed by atoms with Gasteiger partial charge in [0.1, 0.15) is 13.2 Å². The van der Waals surface area contributed by atoms with Crippen LogP contribution < -0.4 is 0 Å². The van der Waals surface area contributed by atoms with E-state index in [4.69, 9.17) is 14.2 Å². The lowest BCUT2D eigenvalue weighted by Gasteiger charge is -2.18. The highest BCUT2D eigenvalue weighted by Crippen LogP contribution is 2.14. The Balaban J connectivity index is 4.36. The molecule has 0 aromatic carbocycles. The van der Waals surface area contributed by atoms with E-state index in [1.807, 2.05) is 0 Å². The van der Waals surface area contributed by atoms with Crippen LogP contribution in [0.5, 0.6) is 0 Å². The summed E-state index contributed by atoms with van der Waals surface area (Å²) in [4.78, 5) is 37.9. The summed E-state index contributed by atoms with van der Waals surface area (Å²) in [5, 5.41) is 0. The van der Waals surface area contributed by atoms with E-state index in [1.165, 1.54) is 103 Å². The molecule has 0 N–H and O–H groups in total. The molecule has 0 aliphatic rings. The van der Waals surface area contributed by atoms with E-state index in [-0.39, 0.29) is 31.1 Å². The third-order valence-electron chi connectivity index (χ3n) is 11.2. The highest BCUT2D eigenvalue weighted by Gasteiger charge is 2.19. The molecule has 0 aromatic heterocycles. The van der Waals surface area contributed by atoms with Crippen LogP contribution in [0.3, 0.4) is 0 Å². The Morgan fingerprint density at radius 3 is 1.05 bits per heavy atom. The van der Waals surface area contributed by atoms with Crippen LogP contribution in [-0.2, 0) is 28.6 Å². The number of hydrogen-bond acceptors (Lipinski definition) is 6. The van der Waals surface area contributed by atoms with Crippen LogP contribution in [0.15, 0.2) is 60.8 Å². The summed E-state index contributed by atoms with van der Waals surface area (Å²) < 4.78 is 16.8. The lowest BCUT2D eigenvalue weighted by molar-refractivity contribution is -0.167. The van der Waals surface area contributed by atoms with Crippen molar-refractivity contribution in [2.45, 2.75) is 264 Å². The van der Waals surface area contributed by atoms with Gasteiger partial charge in [-0.15, -0.1) is 0 Å². The second kappa shape index (κ2) is 50.8. The highest BCUT2D eigenvalue weighted by molar-refractivity contribution is 5.71. The van der Waals surface area contributed by atoms with Crippen LogP contribution in [0.25, 0.3) is 0 Å². The molecule has 0 aliphatic heterocycles. The maximum absolute atomic E-state index is 12.8. The number of rotatable bonds is 47. The maximum Gasteiger partial charge on any atom is 0.306 e. The molecule has 358 valence electrons. The van der Waals surface area contributed by atoms with Gasteiger partial charge in [0.2, 0.25) is 0 Å². The lowest BCUT2D eigenvalue weighted by atomic mass is 10.1. The first-order valence-corrected chi connectivity index (χ1v) is 26.3. The van der Waals surface area contributed by atoms with Crippen LogP contribution in [0, 0.1) is 0 Å². The van der Waals surface area contributed by atoms with E-state index >= 15 is 0 Å². The fourth-order valence-electron chi connectivity index (χ4n) is 7.26. The van der Waals surface area contributed by atoms with Gasteiger partial charge in [0.15, 0.2) is 6.10 Å². The van der Waals surface area contributed by atoms with Crippen LogP contribution in [0.1, 0.15) is 258 Å². The average molecular weight is 867 g/mol. The topological polar surface area (TPSA) is 78.9 Å². The van der Waals surface area contributed by atoms with Gasteiger partial charge in [-0.2, -0.15) is 0 Å². The van der Waals surface area contributed by atoms with Gasteiger partial charge in [0.05, 0.1) is 0 Å². The number of carbonyl (C=O) groups is 3. The van der Waals surface area contributed by atoms with Crippen LogP contribution in [0.2, 0.25) is 0 Å². The fourth-order valence-corrected chi connectivity index (χ4v) is 7.26. The van der Waals surface area contributed by atoms with Crippen molar-refractivity contribution in [2.75, 3.05) is 13.2 Å². The molecule has 0 saturated carbocycles. The summed E-state index contributed by atoms with van der Waals surface area (Å²) in [7, 11) is 0. The Bertz CT molecular complexity index is 1130. The molecule has 0 radical (unpaired) electrons. The van der Waals surface area contributed by atoms with Crippen LogP contribution in [0.4, 0.5) is 0 Å². The molecule has 0 spiro atoms. The van der Waals surface area contributed by atoms with E-state index in [0.717, 1.165) is 116 Å². The largest absolute Gasteiger partial charge is 0.462 e. The zero-order valence-electron chi connectivity index (χ0n) is 40.9. The number of carbonyl (C=O) groups excluding carboxylic acids is 3. The van der Waals surface area contributed by atoms with Crippen molar-refractivity contribution >= 4 is 17.9 Å². The SMILES string of the molecule is CC/C=C\C/C=C\C/C=C\CCCCCCCCC(=O)OC(COC(=O)CCCCCC/C=C\CCCC)COC(=O)CCCCCCC/C=C\CCCCCCCCCCC. The van der Waals surface area contributed by atoms with Gasteiger partial charge in [-0.05, 0) is 96.3 Å².